The molecule has 1 aliphatic rings. The summed E-state index contributed by atoms with van der Waals surface area (Å²) < 4.78 is 24.8. The van der Waals surface area contributed by atoms with Crippen LogP contribution in [0.2, 0.25) is 0 Å². The van der Waals surface area contributed by atoms with Gasteiger partial charge < -0.3 is 5.32 Å². The van der Waals surface area contributed by atoms with Crippen molar-refractivity contribution in [1.29, 1.82) is 0 Å². The van der Waals surface area contributed by atoms with Gasteiger partial charge in [0.15, 0.2) is 9.84 Å². The van der Waals surface area contributed by atoms with Gasteiger partial charge in [0.2, 0.25) is 0 Å². The van der Waals surface area contributed by atoms with E-state index in [2.05, 4.69) is 19.2 Å². The van der Waals surface area contributed by atoms with Crippen molar-refractivity contribution in [3.05, 3.63) is 0 Å². The fourth-order valence-electron chi connectivity index (χ4n) is 2.78. The van der Waals surface area contributed by atoms with Crippen LogP contribution in [0.3, 0.4) is 0 Å². The van der Waals surface area contributed by atoms with Crippen molar-refractivity contribution in [3.63, 3.8) is 0 Å². The highest BCUT2D eigenvalue weighted by Crippen LogP contribution is 2.24. The molecule has 0 aromatic heterocycles. The molecule has 0 aromatic rings. The zero-order chi connectivity index (χ0) is 13.4. The third kappa shape index (κ3) is 5.27. The van der Waals surface area contributed by atoms with Crippen molar-refractivity contribution >= 4 is 9.84 Å². The lowest BCUT2D eigenvalue weighted by Gasteiger charge is -2.25. The molecule has 0 amide bonds. The lowest BCUT2D eigenvalue weighted by Crippen LogP contribution is -2.39. The van der Waals surface area contributed by atoms with Gasteiger partial charge in [-0.1, -0.05) is 39.5 Å². The van der Waals surface area contributed by atoms with Gasteiger partial charge in [-0.25, -0.2) is 8.42 Å². The van der Waals surface area contributed by atoms with E-state index in [0.717, 1.165) is 51.5 Å². The predicted molar refractivity (Wildman–Crippen MR) is 77.6 cm³/mol. The average Bonchev–Trinajstić information content (AvgIpc) is 2.37. The van der Waals surface area contributed by atoms with Crippen molar-refractivity contribution in [2.45, 2.75) is 76.5 Å². The SMILES string of the molecule is CCCNC(CCC)CS(=O)(=O)C1CCCCC1. The summed E-state index contributed by atoms with van der Waals surface area (Å²) in [6.07, 6.45) is 8.22. The molecule has 0 aromatic carbocycles. The molecule has 0 radical (unpaired) electrons. The van der Waals surface area contributed by atoms with Crippen molar-refractivity contribution in [3.8, 4) is 0 Å². The van der Waals surface area contributed by atoms with Gasteiger partial charge in [-0.15, -0.1) is 0 Å². The van der Waals surface area contributed by atoms with Gasteiger partial charge in [-0.05, 0) is 32.2 Å². The molecule has 0 aliphatic heterocycles. The molecule has 3 nitrogen and oxygen atoms in total. The third-order valence-electron chi connectivity index (χ3n) is 3.81. The van der Waals surface area contributed by atoms with Crippen LogP contribution in [0.25, 0.3) is 0 Å². The van der Waals surface area contributed by atoms with Crippen molar-refractivity contribution in [2.24, 2.45) is 0 Å². The highest BCUT2D eigenvalue weighted by molar-refractivity contribution is 7.92. The van der Waals surface area contributed by atoms with Gasteiger partial charge in [0, 0.05) is 6.04 Å². The Morgan fingerprint density at radius 3 is 2.33 bits per heavy atom. The quantitative estimate of drug-likeness (QED) is 0.741. The molecule has 0 saturated heterocycles. The van der Waals surface area contributed by atoms with E-state index in [9.17, 15) is 8.42 Å². The first kappa shape index (κ1) is 16.0. The molecule has 4 heteroatoms. The maximum atomic E-state index is 12.4. The highest BCUT2D eigenvalue weighted by Gasteiger charge is 2.29. The normalized spacial score (nSPS) is 19.9. The molecule has 1 rings (SSSR count). The first-order valence-electron chi connectivity index (χ1n) is 7.55. The van der Waals surface area contributed by atoms with Crippen LogP contribution in [-0.2, 0) is 9.84 Å². The van der Waals surface area contributed by atoms with Gasteiger partial charge in [0.05, 0.1) is 11.0 Å². The van der Waals surface area contributed by atoms with E-state index in [-0.39, 0.29) is 11.3 Å². The number of nitrogens with one attached hydrogen (secondary N) is 1. The molecular weight excluding hydrogens is 246 g/mol. The van der Waals surface area contributed by atoms with Gasteiger partial charge >= 0.3 is 0 Å². The summed E-state index contributed by atoms with van der Waals surface area (Å²) in [4.78, 5) is 0. The number of hydrogen-bond donors (Lipinski definition) is 1. The van der Waals surface area contributed by atoms with Crippen LogP contribution in [0.5, 0.6) is 0 Å². The Hall–Kier alpha value is -0.0900. The van der Waals surface area contributed by atoms with Crippen molar-refractivity contribution < 1.29 is 8.42 Å². The molecule has 1 saturated carbocycles. The highest BCUT2D eigenvalue weighted by atomic mass is 32.2. The number of rotatable bonds is 8. The van der Waals surface area contributed by atoms with Crippen LogP contribution in [0.15, 0.2) is 0 Å². The second-order valence-corrected chi connectivity index (χ2v) is 7.85. The molecule has 18 heavy (non-hydrogen) atoms. The summed E-state index contributed by atoms with van der Waals surface area (Å²) in [5.74, 6) is 0.339. The zero-order valence-electron chi connectivity index (χ0n) is 12.0. The predicted octanol–water partition coefficient (Wildman–Crippen LogP) is 2.90. The standard InChI is InChI=1S/C14H29NO2S/c1-3-8-13(15-11-4-2)12-18(16,17)14-9-6-5-7-10-14/h13-15H,3-12H2,1-2H3. The van der Waals surface area contributed by atoms with Crippen LogP contribution in [0, 0.1) is 0 Å². The van der Waals surface area contributed by atoms with E-state index in [1.54, 1.807) is 0 Å². The van der Waals surface area contributed by atoms with E-state index < -0.39 is 9.84 Å². The minimum Gasteiger partial charge on any atom is -0.313 e. The maximum Gasteiger partial charge on any atom is 0.154 e. The first-order valence-corrected chi connectivity index (χ1v) is 9.26. The average molecular weight is 275 g/mol. The second kappa shape index (κ2) is 8.16. The summed E-state index contributed by atoms with van der Waals surface area (Å²) in [5.41, 5.74) is 0. The van der Waals surface area contributed by atoms with E-state index in [1.807, 2.05) is 0 Å². The molecule has 108 valence electrons. The molecule has 1 unspecified atom stereocenters. The molecule has 1 fully saturated rings. The van der Waals surface area contributed by atoms with Gasteiger partial charge in [0.1, 0.15) is 0 Å². The largest absolute Gasteiger partial charge is 0.313 e. The van der Waals surface area contributed by atoms with E-state index in [1.165, 1.54) is 6.42 Å². The van der Waals surface area contributed by atoms with E-state index in [0.29, 0.717) is 5.75 Å². The van der Waals surface area contributed by atoms with Crippen molar-refractivity contribution in [2.75, 3.05) is 12.3 Å². The third-order valence-corrected chi connectivity index (χ3v) is 6.17. The van der Waals surface area contributed by atoms with Crippen LogP contribution in [0.4, 0.5) is 0 Å². The molecule has 1 N–H and O–H groups in total. The Morgan fingerprint density at radius 2 is 1.78 bits per heavy atom. The molecular formula is C14H29NO2S. The van der Waals surface area contributed by atoms with Crippen LogP contribution >= 0.6 is 0 Å². The monoisotopic (exact) mass is 275 g/mol. The fraction of sp³-hybridized carbons (Fsp3) is 1.00. The van der Waals surface area contributed by atoms with E-state index >= 15 is 0 Å². The second-order valence-electron chi connectivity index (χ2n) is 5.53. The molecule has 1 aliphatic carbocycles. The molecule has 0 bridgehead atoms. The summed E-state index contributed by atoms with van der Waals surface area (Å²) in [6, 6.07) is 0.155. The Labute approximate surface area is 113 Å². The number of hydrogen-bond acceptors (Lipinski definition) is 3. The van der Waals surface area contributed by atoms with Gasteiger partial charge in [-0.3, -0.25) is 0 Å². The van der Waals surface area contributed by atoms with Crippen molar-refractivity contribution in [1.82, 2.24) is 5.32 Å². The Bertz CT molecular complexity index is 308. The minimum atomic E-state index is -2.90. The Kier molecular flexibility index (Phi) is 7.23. The van der Waals surface area contributed by atoms with Gasteiger partial charge in [0.25, 0.3) is 0 Å². The number of sulfone groups is 1. The fourth-order valence-corrected chi connectivity index (χ4v) is 4.95. The van der Waals surface area contributed by atoms with Gasteiger partial charge in [-0.2, -0.15) is 0 Å². The minimum absolute atomic E-state index is 0.0611. The molecule has 1 atom stereocenters. The van der Waals surface area contributed by atoms with Crippen LogP contribution in [0.1, 0.15) is 65.2 Å². The van der Waals surface area contributed by atoms with E-state index in [4.69, 9.17) is 0 Å². The maximum absolute atomic E-state index is 12.4. The zero-order valence-corrected chi connectivity index (χ0v) is 12.8. The molecule has 0 heterocycles. The smallest absolute Gasteiger partial charge is 0.154 e. The topological polar surface area (TPSA) is 46.2 Å². The molecule has 0 spiro atoms. The summed E-state index contributed by atoms with van der Waals surface area (Å²) in [6.45, 7) is 5.16. The Morgan fingerprint density at radius 1 is 1.11 bits per heavy atom. The first-order chi connectivity index (χ1) is 8.60. The summed E-state index contributed by atoms with van der Waals surface area (Å²) in [5, 5.41) is 3.33. The lowest BCUT2D eigenvalue weighted by molar-refractivity contribution is 0.466. The van der Waals surface area contributed by atoms with Crippen LogP contribution in [-0.4, -0.2) is 32.0 Å². The summed E-state index contributed by atoms with van der Waals surface area (Å²) >= 11 is 0. The lowest BCUT2D eigenvalue weighted by atomic mass is 10.0. The summed E-state index contributed by atoms with van der Waals surface area (Å²) in [7, 11) is -2.90. The Balaban J connectivity index is 2.53. The van der Waals surface area contributed by atoms with Crippen LogP contribution < -0.4 is 5.32 Å².